The van der Waals surface area contributed by atoms with Gasteiger partial charge in [-0.25, -0.2) is 0 Å². The second-order valence-corrected chi connectivity index (χ2v) is 24.6. The Morgan fingerprint density at radius 1 is 0.377 bits per heavy atom. The highest BCUT2D eigenvalue weighted by molar-refractivity contribution is 6.20. The van der Waals surface area contributed by atoms with Gasteiger partial charge >= 0.3 is 0 Å². The zero-order valence-electron chi connectivity index (χ0n) is 45.6. The molecule has 0 bridgehead atoms. The number of hydrogen-bond donors (Lipinski definition) is 0. The van der Waals surface area contributed by atoms with E-state index in [1.807, 2.05) is 0 Å². The van der Waals surface area contributed by atoms with Crippen molar-refractivity contribution in [2.24, 2.45) is 11.8 Å². The molecule has 6 atom stereocenters. The molecule has 0 spiro atoms. The first-order valence-electron chi connectivity index (χ1n) is 28.8. The second kappa shape index (κ2) is 16.7. The summed E-state index contributed by atoms with van der Waals surface area (Å²) in [6.45, 7) is 15.2. The minimum atomic E-state index is -0.609. The highest BCUT2D eigenvalue weighted by Gasteiger charge is 2.62. The van der Waals surface area contributed by atoms with Gasteiger partial charge in [0, 0.05) is 33.6 Å². The van der Waals surface area contributed by atoms with Crippen molar-refractivity contribution in [3.8, 4) is 33.4 Å². The summed E-state index contributed by atoms with van der Waals surface area (Å²) in [5.41, 5.74) is 20.6. The third-order valence-electron chi connectivity index (χ3n) is 21.6. The van der Waals surface area contributed by atoms with Crippen molar-refractivity contribution >= 4 is 44.3 Å². The second-order valence-electron chi connectivity index (χ2n) is 24.6. The van der Waals surface area contributed by atoms with Crippen LogP contribution in [-0.4, -0.2) is 11.1 Å². The van der Waals surface area contributed by atoms with Crippen molar-refractivity contribution in [1.82, 2.24) is 0 Å². The van der Waals surface area contributed by atoms with Gasteiger partial charge in [0.05, 0.1) is 16.5 Å². The number of anilines is 4. The van der Waals surface area contributed by atoms with Gasteiger partial charge in [0.15, 0.2) is 0 Å². The maximum absolute atomic E-state index is 2.71. The monoisotopic (exact) mass is 997 g/mol. The molecule has 10 aromatic carbocycles. The summed E-state index contributed by atoms with van der Waals surface area (Å²) in [7, 11) is 0. The van der Waals surface area contributed by atoms with E-state index < -0.39 is 5.41 Å². The van der Waals surface area contributed by atoms with Crippen LogP contribution >= 0.6 is 0 Å². The van der Waals surface area contributed by atoms with Crippen molar-refractivity contribution < 1.29 is 0 Å². The minimum absolute atomic E-state index is 0.00111. The molecular formula is C75H68N2. The molecule has 2 fully saturated rings. The fourth-order valence-corrected chi connectivity index (χ4v) is 17.2. The number of benzene rings is 10. The lowest BCUT2D eigenvalue weighted by atomic mass is 9.57. The third kappa shape index (κ3) is 6.03. The van der Waals surface area contributed by atoms with Gasteiger partial charge in [-0.05, 0) is 200 Å². The van der Waals surface area contributed by atoms with Crippen LogP contribution in [0.5, 0.6) is 0 Å². The lowest BCUT2D eigenvalue weighted by Gasteiger charge is -2.54. The van der Waals surface area contributed by atoms with Gasteiger partial charge in [0.25, 0.3) is 0 Å². The molecule has 0 radical (unpaired) electrons. The Morgan fingerprint density at radius 2 is 0.792 bits per heavy atom. The van der Waals surface area contributed by atoms with Crippen LogP contribution in [0, 0.1) is 11.8 Å². The van der Waals surface area contributed by atoms with E-state index in [1.165, 1.54) is 150 Å². The Morgan fingerprint density at radius 3 is 1.30 bits per heavy atom. The van der Waals surface area contributed by atoms with Crippen LogP contribution in [0.3, 0.4) is 0 Å². The van der Waals surface area contributed by atoms with Crippen LogP contribution in [-0.2, 0) is 16.2 Å². The predicted molar refractivity (Wildman–Crippen MR) is 324 cm³/mol. The molecule has 2 heterocycles. The molecule has 0 saturated heterocycles. The Hall–Kier alpha value is -7.68. The highest BCUT2D eigenvalue weighted by Crippen LogP contribution is 2.66. The van der Waals surface area contributed by atoms with E-state index in [2.05, 4.69) is 270 Å². The first kappa shape index (κ1) is 46.6. The van der Waals surface area contributed by atoms with Crippen LogP contribution in [0.2, 0.25) is 0 Å². The number of hydrogen-bond acceptors (Lipinski definition) is 2. The number of nitrogens with zero attached hydrogens (tertiary/aromatic N) is 2. The van der Waals surface area contributed by atoms with E-state index >= 15 is 0 Å². The minimum Gasteiger partial charge on any atom is -0.334 e. The summed E-state index contributed by atoms with van der Waals surface area (Å²) in [6.07, 6.45) is 7.35. The molecular weight excluding hydrogens is 929 g/mol. The fourth-order valence-electron chi connectivity index (χ4n) is 17.2. The largest absolute Gasteiger partial charge is 0.334 e. The first-order valence-corrected chi connectivity index (χ1v) is 28.8. The average Bonchev–Trinajstić information content (AvgIpc) is 4.11. The SMILES string of the molecule is CC1CCCC2(C)c3cc(-c4ccc5c(c4)C(c4ccccc4)(c4ccccc4)c4c-5c5ccccc5c5cc(-c6ccc7c(c6)C6(C)CCCC(C)C6(C)N7c6ccccc6)ccc45)ccc3N(c3ccccc3)C12C. The zero-order chi connectivity index (χ0) is 52.1. The smallest absolute Gasteiger partial charge is 0.0720 e. The van der Waals surface area contributed by atoms with Crippen LogP contribution < -0.4 is 9.80 Å². The van der Waals surface area contributed by atoms with Gasteiger partial charge in [-0.2, -0.15) is 0 Å². The lowest BCUT2D eigenvalue weighted by molar-refractivity contribution is 0.130. The summed E-state index contributed by atoms with van der Waals surface area (Å²) in [6, 6.07) is 84.3. The number of para-hydroxylation sites is 2. The molecule has 3 aliphatic carbocycles. The van der Waals surface area contributed by atoms with E-state index in [-0.39, 0.29) is 21.9 Å². The van der Waals surface area contributed by atoms with Crippen LogP contribution in [0.15, 0.2) is 218 Å². The average molecular weight is 997 g/mol. The molecule has 77 heavy (non-hydrogen) atoms. The maximum atomic E-state index is 2.71. The Kier molecular flexibility index (Phi) is 10.1. The molecule has 5 aliphatic rings. The Balaban J connectivity index is 0.946. The van der Waals surface area contributed by atoms with Crippen molar-refractivity contribution in [2.75, 3.05) is 9.80 Å². The molecule has 2 aliphatic heterocycles. The van der Waals surface area contributed by atoms with Crippen molar-refractivity contribution in [3.05, 3.63) is 252 Å². The lowest BCUT2D eigenvalue weighted by Crippen LogP contribution is -2.59. The molecule has 0 aromatic heterocycles. The highest BCUT2D eigenvalue weighted by atomic mass is 15.3. The van der Waals surface area contributed by atoms with Crippen LogP contribution in [0.1, 0.15) is 113 Å². The van der Waals surface area contributed by atoms with Gasteiger partial charge < -0.3 is 9.80 Å². The molecule has 6 unspecified atom stereocenters. The van der Waals surface area contributed by atoms with Crippen molar-refractivity contribution in [3.63, 3.8) is 0 Å². The predicted octanol–water partition coefficient (Wildman–Crippen LogP) is 19.7. The quantitative estimate of drug-likeness (QED) is 0.153. The van der Waals surface area contributed by atoms with E-state index in [1.54, 1.807) is 0 Å². The third-order valence-corrected chi connectivity index (χ3v) is 21.6. The fraction of sp³-hybridized carbons (Fsp3) is 0.253. The molecule has 0 N–H and O–H groups in total. The van der Waals surface area contributed by atoms with Crippen LogP contribution in [0.25, 0.3) is 54.9 Å². The number of fused-ring (bicyclic) bond motifs is 14. The summed E-state index contributed by atoms with van der Waals surface area (Å²) in [5.74, 6) is 1.08. The Bertz CT molecular complexity index is 3950. The van der Waals surface area contributed by atoms with Gasteiger partial charge in [0.2, 0.25) is 0 Å². The standard InChI is InChI=1S/C75H68N2/c1-49-23-21-43-71(3)65-47-53(37-41-67(65)76(73(49,71)5)57-29-15-9-16-30-57)51-35-39-61-63(45-51)59-33-19-20-34-60(59)69-62-40-36-52(46-64(62)75(70(61)69,55-25-11-7-12-26-55)56-27-13-8-14-28-56)54-38-42-68-66(48-54)72(4)44-22-24-50(2)74(72,6)77(68)58-31-17-10-18-32-58/h7-20,25-42,45-50H,21-24,43-44H2,1-6H3. The normalized spacial score (nSPS) is 25.5. The van der Waals surface area contributed by atoms with Crippen molar-refractivity contribution in [2.45, 2.75) is 107 Å². The molecule has 0 amide bonds. The van der Waals surface area contributed by atoms with Gasteiger partial charge in [-0.15, -0.1) is 0 Å². The molecule has 378 valence electrons. The van der Waals surface area contributed by atoms with Crippen molar-refractivity contribution in [1.29, 1.82) is 0 Å². The van der Waals surface area contributed by atoms with E-state index in [0.717, 1.165) is 0 Å². The van der Waals surface area contributed by atoms with E-state index in [9.17, 15) is 0 Å². The van der Waals surface area contributed by atoms with E-state index in [4.69, 9.17) is 0 Å². The van der Waals surface area contributed by atoms with Gasteiger partial charge in [-0.1, -0.05) is 198 Å². The first-order chi connectivity index (χ1) is 37.5. The molecule has 2 heteroatoms. The van der Waals surface area contributed by atoms with Gasteiger partial charge in [-0.3, -0.25) is 0 Å². The Labute approximate surface area is 456 Å². The molecule has 2 nitrogen and oxygen atoms in total. The van der Waals surface area contributed by atoms with Gasteiger partial charge in [0.1, 0.15) is 0 Å². The molecule has 10 aromatic rings. The summed E-state index contributed by atoms with van der Waals surface area (Å²) in [4.78, 5) is 5.42. The topological polar surface area (TPSA) is 6.48 Å². The summed E-state index contributed by atoms with van der Waals surface area (Å²) < 4.78 is 0. The zero-order valence-corrected chi connectivity index (χ0v) is 45.6. The molecule has 2 saturated carbocycles. The van der Waals surface area contributed by atoms with Crippen LogP contribution in [0.4, 0.5) is 22.7 Å². The summed E-state index contributed by atoms with van der Waals surface area (Å²) >= 11 is 0. The molecule has 15 rings (SSSR count). The number of rotatable bonds is 6. The summed E-state index contributed by atoms with van der Waals surface area (Å²) in [5, 5.41) is 5.21. The van der Waals surface area contributed by atoms with E-state index in [0.29, 0.717) is 11.8 Å². The maximum Gasteiger partial charge on any atom is 0.0720 e.